The normalized spacial score (nSPS) is 16.3. The number of ether oxygens (including phenoxy) is 1. The van der Waals surface area contributed by atoms with Crippen molar-refractivity contribution < 1.29 is 9.53 Å². The summed E-state index contributed by atoms with van der Waals surface area (Å²) in [7, 11) is 0. The lowest BCUT2D eigenvalue weighted by atomic mass is 10.1. The second kappa shape index (κ2) is 9.25. The van der Waals surface area contributed by atoms with Crippen LogP contribution in [0, 0.1) is 0 Å². The molecular weight excluding hydrogens is 380 g/mol. The summed E-state index contributed by atoms with van der Waals surface area (Å²) in [5.41, 5.74) is 0.642. The van der Waals surface area contributed by atoms with Crippen molar-refractivity contribution in [1.29, 1.82) is 0 Å². The third-order valence-electron chi connectivity index (χ3n) is 5.30. The van der Waals surface area contributed by atoms with Gasteiger partial charge < -0.3 is 10.1 Å². The van der Waals surface area contributed by atoms with Crippen molar-refractivity contribution in [3.63, 3.8) is 0 Å². The number of nitrogens with one attached hydrogen (secondary N) is 1. The molecule has 3 aromatic rings. The molecule has 0 radical (unpaired) electrons. The van der Waals surface area contributed by atoms with E-state index < -0.39 is 0 Å². The van der Waals surface area contributed by atoms with E-state index in [0.717, 1.165) is 18.8 Å². The molecule has 1 aromatic heterocycles. The van der Waals surface area contributed by atoms with E-state index >= 15 is 0 Å². The number of carbonyl (C=O) groups excluding carboxylic acids is 1. The Morgan fingerprint density at radius 1 is 0.966 bits per heavy atom. The number of carbonyl (C=O) groups is 1. The third-order valence-corrected chi connectivity index (χ3v) is 6.24. The SMILES string of the molecule is C[C@H](NC(=O)c1ccc(Oc2ccccc2)cc1)[C@@H](c1cccs1)N1CCCC1. The largest absolute Gasteiger partial charge is 0.457 e. The molecule has 1 N–H and O–H groups in total. The molecule has 1 fully saturated rings. The predicted molar refractivity (Wildman–Crippen MR) is 118 cm³/mol. The van der Waals surface area contributed by atoms with Gasteiger partial charge in [0, 0.05) is 16.5 Å². The minimum absolute atomic E-state index is 0.0273. The van der Waals surface area contributed by atoms with Crippen LogP contribution in [0.2, 0.25) is 0 Å². The second-order valence-electron chi connectivity index (χ2n) is 7.40. The summed E-state index contributed by atoms with van der Waals surface area (Å²) in [6.07, 6.45) is 2.46. The molecule has 0 unspecified atom stereocenters. The fraction of sp³-hybridized carbons (Fsp3) is 0.292. The maximum atomic E-state index is 12.8. The number of para-hydroxylation sites is 1. The molecule has 0 aliphatic carbocycles. The van der Waals surface area contributed by atoms with Crippen LogP contribution in [0.25, 0.3) is 0 Å². The molecule has 5 heteroatoms. The van der Waals surface area contributed by atoms with Crippen molar-refractivity contribution >= 4 is 17.2 Å². The zero-order valence-electron chi connectivity index (χ0n) is 16.6. The number of amides is 1. The van der Waals surface area contributed by atoms with Crippen LogP contribution in [-0.4, -0.2) is 29.9 Å². The molecule has 2 heterocycles. The van der Waals surface area contributed by atoms with Crippen molar-refractivity contribution in [2.75, 3.05) is 13.1 Å². The first-order chi connectivity index (χ1) is 14.2. The van der Waals surface area contributed by atoms with Crippen molar-refractivity contribution in [2.24, 2.45) is 0 Å². The Kier molecular flexibility index (Phi) is 6.27. The van der Waals surface area contributed by atoms with E-state index in [-0.39, 0.29) is 18.0 Å². The molecule has 29 heavy (non-hydrogen) atoms. The number of hydrogen-bond donors (Lipinski definition) is 1. The monoisotopic (exact) mass is 406 g/mol. The fourth-order valence-electron chi connectivity index (χ4n) is 3.89. The standard InChI is InChI=1S/C24H26N2O2S/c1-18(23(22-10-7-17-29-22)26-15-5-6-16-26)25-24(27)19-11-13-21(14-12-19)28-20-8-3-2-4-9-20/h2-4,7-14,17-18,23H,5-6,15-16H2,1H3,(H,25,27)/t18-,23-/m0/s1. The highest BCUT2D eigenvalue weighted by atomic mass is 32.1. The van der Waals surface area contributed by atoms with Crippen molar-refractivity contribution in [1.82, 2.24) is 10.2 Å². The first-order valence-corrected chi connectivity index (χ1v) is 11.0. The topological polar surface area (TPSA) is 41.6 Å². The highest BCUT2D eigenvalue weighted by molar-refractivity contribution is 7.10. The van der Waals surface area contributed by atoms with Crippen molar-refractivity contribution in [3.8, 4) is 11.5 Å². The van der Waals surface area contributed by atoms with E-state index in [2.05, 4.69) is 34.7 Å². The molecule has 2 atom stereocenters. The van der Waals surface area contributed by atoms with Gasteiger partial charge in [0.2, 0.25) is 0 Å². The van der Waals surface area contributed by atoms with Crippen molar-refractivity contribution in [2.45, 2.75) is 31.8 Å². The number of thiophene rings is 1. The summed E-state index contributed by atoms with van der Waals surface area (Å²) in [4.78, 5) is 16.7. The Morgan fingerprint density at radius 3 is 2.31 bits per heavy atom. The van der Waals surface area contributed by atoms with Gasteiger partial charge >= 0.3 is 0 Å². The van der Waals surface area contributed by atoms with E-state index in [0.29, 0.717) is 11.3 Å². The van der Waals surface area contributed by atoms with Crippen LogP contribution >= 0.6 is 11.3 Å². The van der Waals surface area contributed by atoms with Crippen LogP contribution in [0.1, 0.15) is 41.0 Å². The van der Waals surface area contributed by atoms with E-state index in [1.54, 1.807) is 11.3 Å². The first kappa shape index (κ1) is 19.7. The minimum Gasteiger partial charge on any atom is -0.457 e. The number of hydrogen-bond acceptors (Lipinski definition) is 4. The van der Waals surface area contributed by atoms with Crippen LogP contribution < -0.4 is 10.1 Å². The molecule has 4 rings (SSSR count). The van der Waals surface area contributed by atoms with Gasteiger partial charge in [-0.15, -0.1) is 11.3 Å². The van der Waals surface area contributed by atoms with E-state index in [1.807, 2.05) is 54.6 Å². The number of nitrogens with zero attached hydrogens (tertiary/aromatic N) is 1. The summed E-state index contributed by atoms with van der Waals surface area (Å²) in [5.74, 6) is 1.45. The van der Waals surface area contributed by atoms with E-state index in [9.17, 15) is 4.79 Å². The van der Waals surface area contributed by atoms with Gasteiger partial charge in [-0.2, -0.15) is 0 Å². The van der Waals surface area contributed by atoms with Crippen LogP contribution in [0.4, 0.5) is 0 Å². The van der Waals surface area contributed by atoms with Gasteiger partial charge in [-0.25, -0.2) is 0 Å². The van der Waals surface area contributed by atoms with Gasteiger partial charge in [0.15, 0.2) is 0 Å². The molecular formula is C24H26N2O2S. The van der Waals surface area contributed by atoms with Gasteiger partial charge in [0.05, 0.1) is 6.04 Å². The zero-order valence-corrected chi connectivity index (χ0v) is 17.4. The van der Waals surface area contributed by atoms with Gasteiger partial charge in [0.25, 0.3) is 5.91 Å². The minimum atomic E-state index is -0.0514. The van der Waals surface area contributed by atoms with Gasteiger partial charge in [0.1, 0.15) is 11.5 Å². The fourth-order valence-corrected chi connectivity index (χ4v) is 4.85. The third kappa shape index (κ3) is 4.86. The summed E-state index contributed by atoms with van der Waals surface area (Å²) >= 11 is 1.76. The van der Waals surface area contributed by atoms with Crippen LogP contribution in [0.5, 0.6) is 11.5 Å². The van der Waals surface area contributed by atoms with Gasteiger partial charge in [-0.3, -0.25) is 9.69 Å². The predicted octanol–water partition coefficient (Wildman–Crippen LogP) is 5.50. The Bertz CT molecular complexity index is 904. The Labute approximate surface area is 176 Å². The highest BCUT2D eigenvalue weighted by Crippen LogP contribution is 2.31. The summed E-state index contributed by atoms with van der Waals surface area (Å²) in [5, 5.41) is 5.33. The van der Waals surface area contributed by atoms with Crippen molar-refractivity contribution in [3.05, 3.63) is 82.6 Å². The molecule has 1 aliphatic heterocycles. The molecule has 0 bridgehead atoms. The lowest BCUT2D eigenvalue weighted by molar-refractivity contribution is 0.0908. The quantitative estimate of drug-likeness (QED) is 0.564. The molecule has 1 aliphatic rings. The molecule has 4 nitrogen and oxygen atoms in total. The summed E-state index contributed by atoms with van der Waals surface area (Å²) < 4.78 is 5.81. The average molecular weight is 407 g/mol. The first-order valence-electron chi connectivity index (χ1n) is 10.1. The van der Waals surface area contributed by atoms with Crippen LogP contribution in [0.15, 0.2) is 72.1 Å². The Balaban J connectivity index is 1.42. The number of likely N-dealkylation sites (tertiary alicyclic amines) is 1. The maximum absolute atomic E-state index is 12.8. The maximum Gasteiger partial charge on any atom is 0.251 e. The lowest BCUT2D eigenvalue weighted by Gasteiger charge is -2.32. The molecule has 0 saturated carbocycles. The Morgan fingerprint density at radius 2 is 1.66 bits per heavy atom. The van der Waals surface area contributed by atoms with E-state index in [1.165, 1.54) is 17.7 Å². The Hall–Kier alpha value is -2.63. The molecule has 150 valence electrons. The molecule has 2 aromatic carbocycles. The zero-order chi connectivity index (χ0) is 20.1. The molecule has 0 spiro atoms. The smallest absolute Gasteiger partial charge is 0.251 e. The highest BCUT2D eigenvalue weighted by Gasteiger charge is 2.30. The summed E-state index contributed by atoms with van der Waals surface area (Å²) in [6, 6.07) is 21.5. The second-order valence-corrected chi connectivity index (χ2v) is 8.38. The average Bonchev–Trinajstić information content (AvgIpc) is 3.44. The van der Waals surface area contributed by atoms with Gasteiger partial charge in [-0.1, -0.05) is 24.3 Å². The molecule has 1 saturated heterocycles. The van der Waals surface area contributed by atoms with Crippen LogP contribution in [0.3, 0.4) is 0 Å². The summed E-state index contributed by atoms with van der Waals surface area (Å²) in [6.45, 7) is 4.29. The molecule has 1 amide bonds. The van der Waals surface area contributed by atoms with Gasteiger partial charge in [-0.05, 0) is 80.7 Å². The lowest BCUT2D eigenvalue weighted by Crippen LogP contribution is -2.43. The number of rotatable bonds is 7. The number of benzene rings is 2. The van der Waals surface area contributed by atoms with Crippen LogP contribution in [-0.2, 0) is 0 Å². The van der Waals surface area contributed by atoms with E-state index in [4.69, 9.17) is 4.74 Å².